The molecule has 1 heterocycles. The van der Waals surface area contributed by atoms with Gasteiger partial charge in [-0.2, -0.15) is 0 Å². The van der Waals surface area contributed by atoms with Crippen LogP contribution in [0.25, 0.3) is 0 Å². The molecule has 0 saturated heterocycles. The molecule has 3 rings (SSSR count). The molecule has 1 aliphatic heterocycles. The number of benzene rings is 2. The van der Waals surface area contributed by atoms with Gasteiger partial charge in [0.2, 0.25) is 6.79 Å². The summed E-state index contributed by atoms with van der Waals surface area (Å²) in [4.78, 5) is 11.2. The van der Waals surface area contributed by atoms with Gasteiger partial charge in [0.15, 0.2) is 17.3 Å². The zero-order valence-corrected chi connectivity index (χ0v) is 12.4. The Labute approximate surface area is 131 Å². The topological polar surface area (TPSA) is 44.8 Å². The lowest BCUT2D eigenvalue weighted by Crippen LogP contribution is -2.00. The van der Waals surface area contributed by atoms with Crippen molar-refractivity contribution in [1.29, 1.82) is 0 Å². The summed E-state index contributed by atoms with van der Waals surface area (Å²) in [6.07, 6.45) is 0. The molecule has 0 aromatic heterocycles. The van der Waals surface area contributed by atoms with Crippen molar-refractivity contribution >= 4 is 17.4 Å². The Kier molecular flexibility index (Phi) is 3.90. The van der Waals surface area contributed by atoms with Gasteiger partial charge in [-0.05, 0) is 36.8 Å². The van der Waals surface area contributed by atoms with Gasteiger partial charge in [-0.3, -0.25) is 4.79 Å². The molecular weight excluding hydrogens is 311 g/mol. The van der Waals surface area contributed by atoms with Crippen LogP contribution in [0, 0.1) is 5.82 Å². The molecule has 22 heavy (non-hydrogen) atoms. The smallest absolute Gasteiger partial charge is 0.231 e. The predicted molar refractivity (Wildman–Crippen MR) is 78.3 cm³/mol. The Morgan fingerprint density at radius 2 is 2.14 bits per heavy atom. The Bertz CT molecular complexity index is 745. The van der Waals surface area contributed by atoms with E-state index in [1.807, 2.05) is 0 Å². The molecule has 0 N–H and O–H groups in total. The highest BCUT2D eigenvalue weighted by Gasteiger charge is 2.18. The highest BCUT2D eigenvalue weighted by molar-refractivity contribution is 6.32. The number of Topliss-reactive ketones (excluding diaryl/α,β-unsaturated/α-hetero) is 1. The number of carbonyl (C=O) groups excluding carboxylic acids is 1. The SMILES string of the molecule is CC(=O)c1ccc(OCc2cc(Cl)c3c(c2)OCO3)cc1F. The van der Waals surface area contributed by atoms with E-state index in [2.05, 4.69) is 0 Å². The van der Waals surface area contributed by atoms with Gasteiger partial charge in [0.25, 0.3) is 0 Å². The van der Waals surface area contributed by atoms with Gasteiger partial charge in [0, 0.05) is 6.07 Å². The molecular formula is C16H12ClFO4. The summed E-state index contributed by atoms with van der Waals surface area (Å²) in [6.45, 7) is 1.64. The van der Waals surface area contributed by atoms with E-state index in [1.165, 1.54) is 19.1 Å². The minimum absolute atomic E-state index is 0.0403. The molecule has 2 aromatic carbocycles. The van der Waals surface area contributed by atoms with E-state index in [4.69, 9.17) is 25.8 Å². The van der Waals surface area contributed by atoms with E-state index in [-0.39, 0.29) is 24.7 Å². The summed E-state index contributed by atoms with van der Waals surface area (Å²) >= 11 is 6.08. The van der Waals surface area contributed by atoms with Crippen molar-refractivity contribution in [3.63, 3.8) is 0 Å². The van der Waals surface area contributed by atoms with Crippen LogP contribution in [0.3, 0.4) is 0 Å². The van der Waals surface area contributed by atoms with Crippen molar-refractivity contribution in [1.82, 2.24) is 0 Å². The first-order chi connectivity index (χ1) is 10.5. The van der Waals surface area contributed by atoms with Crippen LogP contribution in [0.4, 0.5) is 4.39 Å². The van der Waals surface area contributed by atoms with Crippen LogP contribution in [0.1, 0.15) is 22.8 Å². The fourth-order valence-corrected chi connectivity index (χ4v) is 2.43. The third-order valence-electron chi connectivity index (χ3n) is 3.21. The first-order valence-corrected chi connectivity index (χ1v) is 6.93. The summed E-state index contributed by atoms with van der Waals surface area (Å²) in [7, 11) is 0. The number of hydrogen-bond donors (Lipinski definition) is 0. The van der Waals surface area contributed by atoms with E-state index in [9.17, 15) is 9.18 Å². The number of ketones is 1. The van der Waals surface area contributed by atoms with Crippen LogP contribution in [-0.4, -0.2) is 12.6 Å². The van der Waals surface area contributed by atoms with Gasteiger partial charge in [-0.15, -0.1) is 0 Å². The molecule has 2 aromatic rings. The van der Waals surface area contributed by atoms with Crippen LogP contribution in [0.5, 0.6) is 17.2 Å². The molecule has 0 fully saturated rings. The Hall–Kier alpha value is -2.27. The summed E-state index contributed by atoms with van der Waals surface area (Å²) < 4.78 is 29.7. The van der Waals surface area contributed by atoms with Crippen molar-refractivity contribution in [2.45, 2.75) is 13.5 Å². The molecule has 0 radical (unpaired) electrons. The maximum absolute atomic E-state index is 13.7. The molecule has 0 atom stereocenters. The Morgan fingerprint density at radius 1 is 1.32 bits per heavy atom. The second-order valence-electron chi connectivity index (χ2n) is 4.80. The lowest BCUT2D eigenvalue weighted by atomic mass is 10.1. The minimum Gasteiger partial charge on any atom is -0.489 e. The molecule has 1 aliphatic rings. The molecule has 4 nitrogen and oxygen atoms in total. The fourth-order valence-electron chi connectivity index (χ4n) is 2.14. The monoisotopic (exact) mass is 322 g/mol. The van der Waals surface area contributed by atoms with Crippen molar-refractivity contribution in [2.24, 2.45) is 0 Å². The number of ether oxygens (including phenoxy) is 3. The van der Waals surface area contributed by atoms with E-state index >= 15 is 0 Å². The van der Waals surface area contributed by atoms with Crippen molar-refractivity contribution in [3.05, 3.63) is 52.3 Å². The number of halogens is 2. The van der Waals surface area contributed by atoms with Crippen LogP contribution in [0.15, 0.2) is 30.3 Å². The normalized spacial score (nSPS) is 12.3. The molecule has 6 heteroatoms. The van der Waals surface area contributed by atoms with Gasteiger partial charge in [0.1, 0.15) is 18.2 Å². The van der Waals surface area contributed by atoms with Gasteiger partial charge in [0.05, 0.1) is 10.6 Å². The van der Waals surface area contributed by atoms with Crippen LogP contribution in [0.2, 0.25) is 5.02 Å². The Morgan fingerprint density at radius 3 is 2.86 bits per heavy atom. The van der Waals surface area contributed by atoms with Crippen LogP contribution >= 0.6 is 11.6 Å². The second kappa shape index (κ2) is 5.85. The highest BCUT2D eigenvalue weighted by Crippen LogP contribution is 2.40. The first-order valence-electron chi connectivity index (χ1n) is 6.56. The largest absolute Gasteiger partial charge is 0.489 e. The number of carbonyl (C=O) groups is 1. The maximum atomic E-state index is 13.7. The summed E-state index contributed by atoms with van der Waals surface area (Å²) in [5, 5.41) is 0.437. The minimum atomic E-state index is -0.603. The third-order valence-corrected chi connectivity index (χ3v) is 3.49. The third kappa shape index (κ3) is 2.85. The summed E-state index contributed by atoms with van der Waals surface area (Å²) in [5.74, 6) is 0.475. The number of hydrogen-bond acceptors (Lipinski definition) is 4. The van der Waals surface area contributed by atoms with Gasteiger partial charge in [-0.25, -0.2) is 4.39 Å². The standard InChI is InChI=1S/C16H12ClFO4/c1-9(19)12-3-2-11(6-14(12)18)20-7-10-4-13(17)16-15(5-10)21-8-22-16/h2-6H,7-8H2,1H3. The molecule has 0 spiro atoms. The predicted octanol–water partition coefficient (Wildman–Crippen LogP) is 3.99. The van der Waals surface area contributed by atoms with Crippen LogP contribution in [-0.2, 0) is 6.61 Å². The van der Waals surface area contributed by atoms with Gasteiger partial charge < -0.3 is 14.2 Å². The molecule has 0 amide bonds. The van der Waals surface area contributed by atoms with Crippen molar-refractivity contribution in [3.8, 4) is 17.2 Å². The van der Waals surface area contributed by atoms with E-state index < -0.39 is 5.82 Å². The van der Waals surface area contributed by atoms with E-state index in [1.54, 1.807) is 18.2 Å². The zero-order valence-electron chi connectivity index (χ0n) is 11.7. The molecule has 0 aliphatic carbocycles. The number of rotatable bonds is 4. The summed E-state index contributed by atoms with van der Waals surface area (Å²) in [6, 6.07) is 7.60. The van der Waals surface area contributed by atoms with Crippen molar-refractivity contribution < 1.29 is 23.4 Å². The molecule has 0 unspecified atom stereocenters. The molecule has 0 saturated carbocycles. The van der Waals surface area contributed by atoms with E-state index in [0.29, 0.717) is 22.3 Å². The molecule has 114 valence electrons. The lowest BCUT2D eigenvalue weighted by molar-refractivity contribution is 0.101. The average molecular weight is 323 g/mol. The zero-order chi connectivity index (χ0) is 15.7. The van der Waals surface area contributed by atoms with Gasteiger partial charge in [-0.1, -0.05) is 11.6 Å². The van der Waals surface area contributed by atoms with Gasteiger partial charge >= 0.3 is 0 Å². The average Bonchev–Trinajstić information content (AvgIpc) is 2.93. The Balaban J connectivity index is 1.74. The maximum Gasteiger partial charge on any atom is 0.231 e. The van der Waals surface area contributed by atoms with Crippen molar-refractivity contribution in [2.75, 3.05) is 6.79 Å². The van der Waals surface area contributed by atoms with E-state index in [0.717, 1.165) is 5.56 Å². The first kappa shape index (κ1) is 14.7. The fraction of sp³-hybridized carbons (Fsp3) is 0.188. The second-order valence-corrected chi connectivity index (χ2v) is 5.21. The summed E-state index contributed by atoms with van der Waals surface area (Å²) in [5.41, 5.74) is 0.809. The molecule has 0 bridgehead atoms. The quantitative estimate of drug-likeness (QED) is 0.798. The lowest BCUT2D eigenvalue weighted by Gasteiger charge is -2.09. The van der Waals surface area contributed by atoms with Crippen LogP contribution < -0.4 is 14.2 Å². The highest BCUT2D eigenvalue weighted by atomic mass is 35.5. The number of fused-ring (bicyclic) bond motifs is 1.